The highest BCUT2D eigenvalue weighted by molar-refractivity contribution is 6.31. The summed E-state index contributed by atoms with van der Waals surface area (Å²) in [5, 5.41) is 3.57. The lowest BCUT2D eigenvalue weighted by Gasteiger charge is -2.25. The molecule has 0 spiro atoms. The number of aromatic nitrogens is 2. The summed E-state index contributed by atoms with van der Waals surface area (Å²) in [6.45, 7) is 2.26. The molecule has 0 aliphatic rings. The third-order valence-corrected chi connectivity index (χ3v) is 3.70. The van der Waals surface area contributed by atoms with Crippen LogP contribution in [0.15, 0.2) is 36.7 Å². The molecule has 0 saturated heterocycles. The van der Waals surface area contributed by atoms with Crippen LogP contribution in [0.25, 0.3) is 0 Å². The van der Waals surface area contributed by atoms with E-state index in [4.69, 9.17) is 11.6 Å². The van der Waals surface area contributed by atoms with Gasteiger partial charge in [0.15, 0.2) is 0 Å². The van der Waals surface area contributed by atoms with Crippen molar-refractivity contribution in [1.82, 2.24) is 20.2 Å². The van der Waals surface area contributed by atoms with Crippen LogP contribution in [0.5, 0.6) is 0 Å². The molecule has 1 amide bonds. The Kier molecular flexibility index (Phi) is 5.46. The molecule has 2 aromatic rings. The number of carbonyl (C=O) groups excluding carboxylic acids is 1. The van der Waals surface area contributed by atoms with Crippen LogP contribution in [-0.2, 0) is 0 Å². The van der Waals surface area contributed by atoms with Crippen LogP contribution in [-0.4, -0.2) is 41.4 Å². The summed E-state index contributed by atoms with van der Waals surface area (Å²) in [6, 6.07) is 7.62. The third kappa shape index (κ3) is 4.02. The van der Waals surface area contributed by atoms with Crippen LogP contribution in [0, 0.1) is 6.92 Å². The van der Waals surface area contributed by atoms with Crippen molar-refractivity contribution in [2.45, 2.75) is 13.0 Å². The molecule has 116 valence electrons. The molecule has 1 aromatic carbocycles. The topological polar surface area (TPSA) is 58.1 Å². The van der Waals surface area contributed by atoms with Crippen molar-refractivity contribution in [3.8, 4) is 0 Å². The van der Waals surface area contributed by atoms with Crippen LogP contribution in [0.3, 0.4) is 0 Å². The van der Waals surface area contributed by atoms with E-state index < -0.39 is 0 Å². The molecule has 1 aromatic heterocycles. The molecule has 1 atom stereocenters. The maximum Gasteiger partial charge on any atom is 0.271 e. The molecule has 6 heteroatoms. The van der Waals surface area contributed by atoms with Crippen molar-refractivity contribution in [3.05, 3.63) is 58.6 Å². The lowest BCUT2D eigenvalue weighted by molar-refractivity contribution is 0.0936. The van der Waals surface area contributed by atoms with Gasteiger partial charge in [0.25, 0.3) is 5.91 Å². The van der Waals surface area contributed by atoms with Crippen molar-refractivity contribution in [1.29, 1.82) is 0 Å². The van der Waals surface area contributed by atoms with E-state index in [0.29, 0.717) is 17.3 Å². The highest BCUT2D eigenvalue weighted by Crippen LogP contribution is 2.25. The standard InChI is InChI=1S/C16H19ClN4O/c1-11-8-19-14(9-18-11)16(22)20-10-15(21(2)3)12-6-4-5-7-13(12)17/h4-9,15H,10H2,1-3H3,(H,20,22)/t15-/m0/s1. The zero-order valence-corrected chi connectivity index (χ0v) is 13.6. The average molecular weight is 319 g/mol. The molecular formula is C16H19ClN4O. The Morgan fingerprint density at radius 1 is 1.27 bits per heavy atom. The first-order valence-electron chi connectivity index (χ1n) is 6.96. The summed E-state index contributed by atoms with van der Waals surface area (Å²) in [5.41, 5.74) is 2.06. The van der Waals surface area contributed by atoms with Gasteiger partial charge in [-0.3, -0.25) is 9.78 Å². The largest absolute Gasteiger partial charge is 0.349 e. The molecule has 22 heavy (non-hydrogen) atoms. The number of nitrogens with one attached hydrogen (secondary N) is 1. The molecular weight excluding hydrogens is 300 g/mol. The minimum Gasteiger partial charge on any atom is -0.349 e. The van der Waals surface area contributed by atoms with E-state index >= 15 is 0 Å². The van der Waals surface area contributed by atoms with Crippen LogP contribution in [0.2, 0.25) is 5.02 Å². The predicted molar refractivity (Wildman–Crippen MR) is 87.0 cm³/mol. The van der Waals surface area contributed by atoms with E-state index in [1.807, 2.05) is 50.2 Å². The monoisotopic (exact) mass is 318 g/mol. The summed E-state index contributed by atoms with van der Waals surface area (Å²) < 4.78 is 0. The number of amides is 1. The summed E-state index contributed by atoms with van der Waals surface area (Å²) in [5.74, 6) is -0.244. The first kappa shape index (κ1) is 16.4. The average Bonchev–Trinajstić information content (AvgIpc) is 2.49. The number of halogens is 1. The van der Waals surface area contributed by atoms with Gasteiger partial charge in [-0.1, -0.05) is 29.8 Å². The SMILES string of the molecule is Cc1cnc(C(=O)NC[C@@H](c2ccccc2Cl)N(C)C)cn1. The van der Waals surface area contributed by atoms with Gasteiger partial charge < -0.3 is 10.2 Å². The normalized spacial score (nSPS) is 12.2. The van der Waals surface area contributed by atoms with Crippen LogP contribution >= 0.6 is 11.6 Å². The van der Waals surface area contributed by atoms with E-state index in [-0.39, 0.29) is 11.9 Å². The maximum atomic E-state index is 12.1. The molecule has 0 fully saturated rings. The van der Waals surface area contributed by atoms with E-state index in [0.717, 1.165) is 11.3 Å². The van der Waals surface area contributed by atoms with Gasteiger partial charge in [-0.2, -0.15) is 0 Å². The molecule has 0 unspecified atom stereocenters. The molecule has 5 nitrogen and oxygen atoms in total. The van der Waals surface area contributed by atoms with Gasteiger partial charge in [-0.25, -0.2) is 4.98 Å². The van der Waals surface area contributed by atoms with Crippen LogP contribution in [0.4, 0.5) is 0 Å². The summed E-state index contributed by atoms with van der Waals surface area (Å²) in [4.78, 5) is 22.3. The van der Waals surface area contributed by atoms with Crippen molar-refractivity contribution in [2.24, 2.45) is 0 Å². The Bertz CT molecular complexity index is 643. The number of likely N-dealkylation sites (N-methyl/N-ethyl adjacent to an activating group) is 1. The third-order valence-electron chi connectivity index (χ3n) is 3.36. The predicted octanol–water partition coefficient (Wildman–Crippen LogP) is 2.47. The quantitative estimate of drug-likeness (QED) is 0.920. The highest BCUT2D eigenvalue weighted by Gasteiger charge is 2.18. The Balaban J connectivity index is 2.08. The number of hydrogen-bond acceptors (Lipinski definition) is 4. The fourth-order valence-electron chi connectivity index (χ4n) is 2.11. The molecule has 1 heterocycles. The highest BCUT2D eigenvalue weighted by atomic mass is 35.5. The Labute approximate surface area is 135 Å². The zero-order chi connectivity index (χ0) is 16.1. The summed E-state index contributed by atoms with van der Waals surface area (Å²) >= 11 is 6.25. The van der Waals surface area contributed by atoms with Gasteiger partial charge >= 0.3 is 0 Å². The van der Waals surface area contributed by atoms with Crippen LogP contribution in [0.1, 0.15) is 27.8 Å². The maximum absolute atomic E-state index is 12.1. The van der Waals surface area contributed by atoms with Crippen LogP contribution < -0.4 is 5.32 Å². The fraction of sp³-hybridized carbons (Fsp3) is 0.312. The molecule has 0 aliphatic carbocycles. The van der Waals surface area contributed by atoms with Gasteiger partial charge in [0.05, 0.1) is 17.9 Å². The molecule has 0 bridgehead atoms. The molecule has 0 aliphatic heterocycles. The number of rotatable bonds is 5. The van der Waals surface area contributed by atoms with Gasteiger partial charge in [0.1, 0.15) is 5.69 Å². The Morgan fingerprint density at radius 3 is 2.59 bits per heavy atom. The van der Waals surface area contributed by atoms with E-state index in [2.05, 4.69) is 15.3 Å². The lowest BCUT2D eigenvalue weighted by atomic mass is 10.1. The minimum absolute atomic E-state index is 0.0175. The second-order valence-electron chi connectivity index (χ2n) is 5.25. The number of carbonyl (C=O) groups is 1. The smallest absolute Gasteiger partial charge is 0.271 e. The van der Waals surface area contributed by atoms with E-state index in [1.54, 1.807) is 6.20 Å². The molecule has 1 N–H and O–H groups in total. The zero-order valence-electron chi connectivity index (χ0n) is 12.9. The van der Waals surface area contributed by atoms with Crippen molar-refractivity contribution in [2.75, 3.05) is 20.6 Å². The lowest BCUT2D eigenvalue weighted by Crippen LogP contribution is -2.35. The Hall–Kier alpha value is -1.98. The first-order valence-corrected chi connectivity index (χ1v) is 7.34. The van der Waals surface area contributed by atoms with Gasteiger partial charge in [-0.15, -0.1) is 0 Å². The number of benzene rings is 1. The summed E-state index contributed by atoms with van der Waals surface area (Å²) in [6.07, 6.45) is 3.05. The van der Waals surface area contributed by atoms with Crippen molar-refractivity contribution >= 4 is 17.5 Å². The Morgan fingerprint density at radius 2 is 2.00 bits per heavy atom. The second kappa shape index (κ2) is 7.33. The van der Waals surface area contributed by atoms with Crippen molar-refractivity contribution < 1.29 is 4.79 Å². The van der Waals surface area contributed by atoms with Gasteiger partial charge in [0, 0.05) is 17.8 Å². The number of hydrogen-bond donors (Lipinski definition) is 1. The summed E-state index contributed by atoms with van der Waals surface area (Å²) in [7, 11) is 3.90. The molecule has 2 rings (SSSR count). The van der Waals surface area contributed by atoms with Gasteiger partial charge in [0.2, 0.25) is 0 Å². The second-order valence-corrected chi connectivity index (χ2v) is 5.66. The fourth-order valence-corrected chi connectivity index (χ4v) is 2.37. The van der Waals surface area contributed by atoms with Gasteiger partial charge in [-0.05, 0) is 32.6 Å². The van der Waals surface area contributed by atoms with Crippen molar-refractivity contribution in [3.63, 3.8) is 0 Å². The number of nitrogens with zero attached hydrogens (tertiary/aromatic N) is 3. The van der Waals surface area contributed by atoms with E-state index in [1.165, 1.54) is 6.20 Å². The molecule has 0 saturated carbocycles. The minimum atomic E-state index is -0.244. The number of aryl methyl sites for hydroxylation is 1. The first-order chi connectivity index (χ1) is 10.5. The van der Waals surface area contributed by atoms with E-state index in [9.17, 15) is 4.79 Å². The molecule has 0 radical (unpaired) electrons.